The fourth-order valence-electron chi connectivity index (χ4n) is 4.78. The van der Waals surface area contributed by atoms with Gasteiger partial charge < -0.3 is 10.2 Å². The van der Waals surface area contributed by atoms with Crippen LogP contribution in [0.1, 0.15) is 72.3 Å². The topological polar surface area (TPSA) is 78.1 Å². The molecule has 1 aromatic carbocycles. The SMILES string of the molecule is CCCNC(=O)c1n[nH]c2c1CCN(C(=O)C(c1ccccc1)C1CCCC1)C2. The van der Waals surface area contributed by atoms with Crippen LogP contribution in [0.4, 0.5) is 0 Å². The third-order valence-electron chi connectivity index (χ3n) is 6.29. The molecule has 1 aliphatic heterocycles. The lowest BCUT2D eigenvalue weighted by molar-refractivity contribution is -0.135. The summed E-state index contributed by atoms with van der Waals surface area (Å²) in [5, 5.41) is 10.2. The second kappa shape index (κ2) is 8.80. The second-order valence-electron chi connectivity index (χ2n) is 8.23. The lowest BCUT2D eigenvalue weighted by atomic mass is 9.83. The Balaban J connectivity index is 1.52. The predicted molar refractivity (Wildman–Crippen MR) is 111 cm³/mol. The van der Waals surface area contributed by atoms with E-state index in [1.807, 2.05) is 30.0 Å². The number of nitrogens with one attached hydrogen (secondary N) is 2. The van der Waals surface area contributed by atoms with E-state index >= 15 is 0 Å². The Labute approximate surface area is 172 Å². The van der Waals surface area contributed by atoms with Gasteiger partial charge in [-0.25, -0.2) is 0 Å². The summed E-state index contributed by atoms with van der Waals surface area (Å²) in [6, 6.07) is 10.2. The summed E-state index contributed by atoms with van der Waals surface area (Å²) in [6.45, 7) is 3.80. The van der Waals surface area contributed by atoms with Gasteiger partial charge in [0.05, 0.1) is 18.2 Å². The first-order valence-corrected chi connectivity index (χ1v) is 10.9. The maximum absolute atomic E-state index is 13.6. The molecule has 4 rings (SSSR count). The molecular formula is C23H30N4O2. The highest BCUT2D eigenvalue weighted by Crippen LogP contribution is 2.39. The molecule has 2 amide bonds. The van der Waals surface area contributed by atoms with Gasteiger partial charge in [-0.1, -0.05) is 50.1 Å². The maximum Gasteiger partial charge on any atom is 0.272 e. The molecule has 6 nitrogen and oxygen atoms in total. The molecule has 1 unspecified atom stereocenters. The Morgan fingerprint density at radius 3 is 2.72 bits per heavy atom. The Morgan fingerprint density at radius 2 is 2.00 bits per heavy atom. The average molecular weight is 395 g/mol. The van der Waals surface area contributed by atoms with Crippen molar-refractivity contribution in [3.8, 4) is 0 Å². The van der Waals surface area contributed by atoms with Crippen LogP contribution in [0.25, 0.3) is 0 Å². The maximum atomic E-state index is 13.6. The largest absolute Gasteiger partial charge is 0.351 e. The molecule has 1 aromatic heterocycles. The third-order valence-corrected chi connectivity index (χ3v) is 6.29. The van der Waals surface area contributed by atoms with Crippen LogP contribution >= 0.6 is 0 Å². The van der Waals surface area contributed by atoms with Gasteiger partial charge in [0.1, 0.15) is 0 Å². The number of rotatable bonds is 6. The van der Waals surface area contributed by atoms with E-state index in [-0.39, 0.29) is 17.7 Å². The summed E-state index contributed by atoms with van der Waals surface area (Å²) in [5.74, 6) is 0.427. The highest BCUT2D eigenvalue weighted by molar-refractivity contribution is 5.94. The van der Waals surface area contributed by atoms with E-state index in [0.29, 0.717) is 37.7 Å². The van der Waals surface area contributed by atoms with Gasteiger partial charge in [0.15, 0.2) is 5.69 Å². The molecule has 2 N–H and O–H groups in total. The van der Waals surface area contributed by atoms with Crippen LogP contribution < -0.4 is 5.32 Å². The molecular weight excluding hydrogens is 364 g/mol. The van der Waals surface area contributed by atoms with Crippen molar-refractivity contribution in [2.24, 2.45) is 5.92 Å². The van der Waals surface area contributed by atoms with Crippen molar-refractivity contribution in [3.05, 3.63) is 52.8 Å². The molecule has 2 heterocycles. The fourth-order valence-corrected chi connectivity index (χ4v) is 4.78. The van der Waals surface area contributed by atoms with E-state index in [9.17, 15) is 9.59 Å². The minimum absolute atomic E-state index is 0.0736. The van der Waals surface area contributed by atoms with Gasteiger partial charge in [0.2, 0.25) is 5.91 Å². The number of aromatic amines is 1. The zero-order chi connectivity index (χ0) is 20.2. The van der Waals surface area contributed by atoms with E-state index in [1.54, 1.807) is 0 Å². The monoisotopic (exact) mass is 394 g/mol. The number of carbonyl (C=O) groups is 2. The molecule has 2 aliphatic rings. The molecule has 0 saturated heterocycles. The minimum Gasteiger partial charge on any atom is -0.351 e. The lowest BCUT2D eigenvalue weighted by Gasteiger charge is -2.33. The number of hydrogen-bond acceptors (Lipinski definition) is 3. The van der Waals surface area contributed by atoms with Crippen LogP contribution in [0.15, 0.2) is 30.3 Å². The minimum atomic E-state index is -0.128. The van der Waals surface area contributed by atoms with Crippen molar-refractivity contribution in [1.29, 1.82) is 0 Å². The molecule has 0 spiro atoms. The molecule has 1 saturated carbocycles. The second-order valence-corrected chi connectivity index (χ2v) is 8.23. The van der Waals surface area contributed by atoms with Gasteiger partial charge in [-0.05, 0) is 37.2 Å². The summed E-state index contributed by atoms with van der Waals surface area (Å²) in [7, 11) is 0. The molecule has 1 aliphatic carbocycles. The Morgan fingerprint density at radius 1 is 1.24 bits per heavy atom. The van der Waals surface area contributed by atoms with Crippen molar-refractivity contribution in [2.45, 2.75) is 57.9 Å². The summed E-state index contributed by atoms with van der Waals surface area (Å²) < 4.78 is 0. The number of nitrogens with zero attached hydrogens (tertiary/aromatic N) is 2. The molecule has 6 heteroatoms. The van der Waals surface area contributed by atoms with Crippen molar-refractivity contribution in [3.63, 3.8) is 0 Å². The number of hydrogen-bond donors (Lipinski definition) is 2. The number of carbonyl (C=O) groups excluding carboxylic acids is 2. The molecule has 154 valence electrons. The summed E-state index contributed by atoms with van der Waals surface area (Å²) in [5.41, 5.74) is 3.46. The zero-order valence-corrected chi connectivity index (χ0v) is 17.1. The van der Waals surface area contributed by atoms with Gasteiger partial charge in [0, 0.05) is 18.7 Å². The number of H-pyrrole nitrogens is 1. The van der Waals surface area contributed by atoms with Crippen LogP contribution in [-0.2, 0) is 17.8 Å². The van der Waals surface area contributed by atoms with Gasteiger partial charge in [-0.3, -0.25) is 14.7 Å². The van der Waals surface area contributed by atoms with Crippen LogP contribution in [0, 0.1) is 5.92 Å². The molecule has 1 atom stereocenters. The highest BCUT2D eigenvalue weighted by Gasteiger charge is 2.36. The average Bonchev–Trinajstić information content (AvgIpc) is 3.42. The molecule has 0 radical (unpaired) electrons. The van der Waals surface area contributed by atoms with E-state index in [1.165, 1.54) is 12.8 Å². The van der Waals surface area contributed by atoms with E-state index < -0.39 is 0 Å². The van der Waals surface area contributed by atoms with Crippen LogP contribution in [-0.4, -0.2) is 40.0 Å². The Bertz CT molecular complexity index is 855. The number of amides is 2. The fraction of sp³-hybridized carbons (Fsp3) is 0.522. The Kier molecular flexibility index (Phi) is 5.97. The smallest absolute Gasteiger partial charge is 0.272 e. The molecule has 1 fully saturated rings. The predicted octanol–water partition coefficient (Wildman–Crippen LogP) is 3.41. The zero-order valence-electron chi connectivity index (χ0n) is 17.1. The molecule has 2 aromatic rings. The van der Waals surface area contributed by atoms with Crippen molar-refractivity contribution < 1.29 is 9.59 Å². The van der Waals surface area contributed by atoms with Gasteiger partial charge >= 0.3 is 0 Å². The summed E-state index contributed by atoms with van der Waals surface area (Å²) in [4.78, 5) is 27.9. The van der Waals surface area contributed by atoms with Gasteiger partial charge in [-0.15, -0.1) is 0 Å². The van der Waals surface area contributed by atoms with Crippen molar-refractivity contribution >= 4 is 11.8 Å². The lowest BCUT2D eigenvalue weighted by Crippen LogP contribution is -2.41. The van der Waals surface area contributed by atoms with Gasteiger partial charge in [-0.2, -0.15) is 5.10 Å². The quantitative estimate of drug-likeness (QED) is 0.788. The highest BCUT2D eigenvalue weighted by atomic mass is 16.2. The molecule has 29 heavy (non-hydrogen) atoms. The van der Waals surface area contributed by atoms with Crippen LogP contribution in [0.2, 0.25) is 0 Å². The third kappa shape index (κ3) is 4.07. The normalized spacial score (nSPS) is 17.8. The van der Waals surface area contributed by atoms with Crippen LogP contribution in [0.3, 0.4) is 0 Å². The van der Waals surface area contributed by atoms with E-state index in [0.717, 1.165) is 36.1 Å². The number of fused-ring (bicyclic) bond motifs is 1. The van der Waals surface area contributed by atoms with Crippen LogP contribution in [0.5, 0.6) is 0 Å². The Hall–Kier alpha value is -2.63. The van der Waals surface area contributed by atoms with Crippen molar-refractivity contribution in [1.82, 2.24) is 20.4 Å². The van der Waals surface area contributed by atoms with E-state index in [2.05, 4.69) is 27.6 Å². The molecule has 0 bridgehead atoms. The first-order chi connectivity index (χ1) is 14.2. The standard InChI is InChI=1S/C23H30N4O2/c1-2-13-24-22(28)21-18-12-14-27(15-19(18)25-26-21)23(29)20(17-10-6-7-11-17)16-8-4-3-5-9-16/h3-5,8-9,17,20H,2,6-7,10-15H2,1H3,(H,24,28)(H,25,26). The van der Waals surface area contributed by atoms with E-state index in [4.69, 9.17) is 0 Å². The first-order valence-electron chi connectivity index (χ1n) is 10.9. The van der Waals surface area contributed by atoms with Crippen molar-refractivity contribution in [2.75, 3.05) is 13.1 Å². The number of aromatic nitrogens is 2. The summed E-state index contributed by atoms with van der Waals surface area (Å²) in [6.07, 6.45) is 6.22. The first kappa shape index (κ1) is 19.7. The number of benzene rings is 1. The van der Waals surface area contributed by atoms with Gasteiger partial charge in [0.25, 0.3) is 5.91 Å². The summed E-state index contributed by atoms with van der Waals surface area (Å²) >= 11 is 0.